The molecule has 1 unspecified atom stereocenters. The zero-order valence-electron chi connectivity index (χ0n) is 12.5. The average Bonchev–Trinajstić information content (AvgIpc) is 3.08. The van der Waals surface area contributed by atoms with Crippen LogP contribution in [0.25, 0.3) is 0 Å². The summed E-state index contributed by atoms with van der Waals surface area (Å²) in [6, 6.07) is 6.91. The first-order valence-electron chi connectivity index (χ1n) is 7.30. The lowest BCUT2D eigenvalue weighted by Crippen LogP contribution is -2.54. The Morgan fingerprint density at radius 3 is 2.48 bits per heavy atom. The molecule has 0 radical (unpaired) electrons. The van der Waals surface area contributed by atoms with Crippen molar-refractivity contribution in [3.8, 4) is 0 Å². The Labute approximate surface area is 151 Å². The summed E-state index contributed by atoms with van der Waals surface area (Å²) in [5, 5.41) is 3.76. The molecule has 0 aliphatic carbocycles. The summed E-state index contributed by atoms with van der Waals surface area (Å²) in [6.45, 7) is 2.32. The number of benzene rings is 1. The highest BCUT2D eigenvalue weighted by Crippen LogP contribution is 2.16. The van der Waals surface area contributed by atoms with E-state index in [1.807, 2.05) is 4.90 Å². The second kappa shape index (κ2) is 8.24. The summed E-state index contributed by atoms with van der Waals surface area (Å²) in [4.78, 5) is 28.4. The van der Waals surface area contributed by atoms with Crippen LogP contribution in [0.2, 0.25) is 5.02 Å². The minimum atomic E-state index is -0.0693. The van der Waals surface area contributed by atoms with Crippen molar-refractivity contribution in [1.82, 2.24) is 15.1 Å². The van der Waals surface area contributed by atoms with E-state index in [1.54, 1.807) is 40.9 Å². The number of nitrogens with zero attached hydrogens (tertiary/aromatic N) is 2. The standard InChI is InChI=1S/C15H18ClN3O2S.ClH/c16-12-3-1-2-11(8-12)14(20)18-4-6-19(7-5-18)15(21)13-9-22-10-17-13;/h1-3,8,13,17H,4-7,9-10H2;1H. The third-order valence-corrected chi connectivity index (χ3v) is 5.14. The van der Waals surface area contributed by atoms with Gasteiger partial charge in [-0.25, -0.2) is 0 Å². The molecule has 3 rings (SSSR count). The molecule has 2 aliphatic rings. The monoisotopic (exact) mass is 375 g/mol. The maximum Gasteiger partial charge on any atom is 0.254 e. The predicted molar refractivity (Wildman–Crippen MR) is 95.4 cm³/mol. The third kappa shape index (κ3) is 4.32. The fraction of sp³-hybridized carbons (Fsp3) is 0.467. The number of amides is 2. The van der Waals surface area contributed by atoms with Gasteiger partial charge < -0.3 is 9.80 Å². The largest absolute Gasteiger partial charge is 0.338 e. The quantitative estimate of drug-likeness (QED) is 0.854. The van der Waals surface area contributed by atoms with E-state index in [0.29, 0.717) is 36.8 Å². The van der Waals surface area contributed by atoms with Gasteiger partial charge >= 0.3 is 0 Å². The first-order chi connectivity index (χ1) is 10.6. The van der Waals surface area contributed by atoms with Crippen LogP contribution in [0.5, 0.6) is 0 Å². The van der Waals surface area contributed by atoms with E-state index in [2.05, 4.69) is 5.32 Å². The molecule has 8 heteroatoms. The number of carbonyl (C=O) groups excluding carboxylic acids is 2. The molecule has 2 amide bonds. The van der Waals surface area contributed by atoms with Crippen LogP contribution in [0.15, 0.2) is 24.3 Å². The van der Waals surface area contributed by atoms with E-state index in [1.165, 1.54) is 0 Å². The van der Waals surface area contributed by atoms with Crippen molar-refractivity contribution in [2.75, 3.05) is 37.8 Å². The van der Waals surface area contributed by atoms with Gasteiger partial charge in [0, 0.05) is 48.4 Å². The Morgan fingerprint density at radius 2 is 1.87 bits per heavy atom. The minimum absolute atomic E-state index is 0. The number of nitrogens with one attached hydrogen (secondary N) is 1. The summed E-state index contributed by atoms with van der Waals surface area (Å²) < 4.78 is 0. The van der Waals surface area contributed by atoms with E-state index in [9.17, 15) is 9.59 Å². The molecule has 5 nitrogen and oxygen atoms in total. The molecular formula is C15H19Cl2N3O2S. The minimum Gasteiger partial charge on any atom is -0.338 e. The first-order valence-corrected chi connectivity index (χ1v) is 8.83. The molecule has 2 saturated heterocycles. The summed E-state index contributed by atoms with van der Waals surface area (Å²) in [6.07, 6.45) is 0. The van der Waals surface area contributed by atoms with Gasteiger partial charge in [-0.15, -0.1) is 24.2 Å². The smallest absolute Gasteiger partial charge is 0.254 e. The number of halogens is 2. The molecule has 23 heavy (non-hydrogen) atoms. The topological polar surface area (TPSA) is 52.7 Å². The van der Waals surface area contributed by atoms with Gasteiger partial charge in [-0.2, -0.15) is 0 Å². The summed E-state index contributed by atoms with van der Waals surface area (Å²) in [5.74, 6) is 1.80. The second-order valence-corrected chi connectivity index (χ2v) is 6.87. The molecule has 126 valence electrons. The molecule has 0 bridgehead atoms. The van der Waals surface area contributed by atoms with Crippen molar-refractivity contribution in [2.24, 2.45) is 0 Å². The van der Waals surface area contributed by atoms with Gasteiger partial charge in [-0.3, -0.25) is 14.9 Å². The highest BCUT2D eigenvalue weighted by atomic mass is 35.5. The number of thioether (sulfide) groups is 1. The molecule has 0 aromatic heterocycles. The second-order valence-electron chi connectivity index (χ2n) is 5.40. The van der Waals surface area contributed by atoms with Gasteiger partial charge in [-0.1, -0.05) is 17.7 Å². The van der Waals surface area contributed by atoms with Gasteiger partial charge in [0.25, 0.3) is 5.91 Å². The van der Waals surface area contributed by atoms with Crippen LogP contribution < -0.4 is 5.32 Å². The van der Waals surface area contributed by atoms with E-state index in [0.717, 1.165) is 11.6 Å². The van der Waals surface area contributed by atoms with Gasteiger partial charge in [0.05, 0.1) is 6.04 Å². The number of hydrogen-bond acceptors (Lipinski definition) is 4. The van der Waals surface area contributed by atoms with Crippen molar-refractivity contribution < 1.29 is 9.59 Å². The van der Waals surface area contributed by atoms with Crippen LogP contribution in [0.3, 0.4) is 0 Å². The number of carbonyl (C=O) groups is 2. The Bertz CT molecular complexity index is 574. The van der Waals surface area contributed by atoms with Crippen molar-refractivity contribution in [3.05, 3.63) is 34.9 Å². The van der Waals surface area contributed by atoms with Crippen molar-refractivity contribution in [2.45, 2.75) is 6.04 Å². The highest BCUT2D eigenvalue weighted by Gasteiger charge is 2.30. The number of piperazine rings is 1. The van der Waals surface area contributed by atoms with Crippen LogP contribution in [0, 0.1) is 0 Å². The molecule has 2 fully saturated rings. The molecule has 1 aromatic rings. The lowest BCUT2D eigenvalue weighted by molar-refractivity contribution is -0.134. The SMILES string of the molecule is Cl.O=C(c1cccc(Cl)c1)N1CCN(C(=O)C2CSCN2)CC1. The van der Waals surface area contributed by atoms with E-state index in [-0.39, 0.29) is 30.3 Å². The maximum atomic E-state index is 12.4. The van der Waals surface area contributed by atoms with Crippen LogP contribution in [-0.4, -0.2) is 65.5 Å². The van der Waals surface area contributed by atoms with Crippen LogP contribution in [0.4, 0.5) is 0 Å². The highest BCUT2D eigenvalue weighted by molar-refractivity contribution is 7.99. The molecule has 2 aliphatic heterocycles. The normalized spacial score (nSPS) is 21.0. The van der Waals surface area contributed by atoms with E-state index >= 15 is 0 Å². The van der Waals surface area contributed by atoms with Crippen molar-refractivity contribution in [3.63, 3.8) is 0 Å². The Morgan fingerprint density at radius 1 is 1.17 bits per heavy atom. The van der Waals surface area contributed by atoms with Crippen molar-refractivity contribution >= 4 is 47.6 Å². The lowest BCUT2D eigenvalue weighted by atomic mass is 10.1. The lowest BCUT2D eigenvalue weighted by Gasteiger charge is -2.36. The molecule has 1 N–H and O–H groups in total. The average molecular weight is 376 g/mol. The zero-order valence-corrected chi connectivity index (χ0v) is 14.9. The van der Waals surface area contributed by atoms with Gasteiger partial charge in [0.15, 0.2) is 0 Å². The number of hydrogen-bond donors (Lipinski definition) is 1. The Balaban J connectivity index is 0.00000192. The molecule has 0 spiro atoms. The zero-order chi connectivity index (χ0) is 15.5. The summed E-state index contributed by atoms with van der Waals surface area (Å²) in [5.41, 5.74) is 0.598. The predicted octanol–water partition coefficient (Wildman–Crippen LogP) is 1.71. The number of rotatable bonds is 2. The fourth-order valence-electron chi connectivity index (χ4n) is 2.71. The molecule has 2 heterocycles. The van der Waals surface area contributed by atoms with E-state index < -0.39 is 0 Å². The van der Waals surface area contributed by atoms with Crippen LogP contribution in [0.1, 0.15) is 10.4 Å². The Hall–Kier alpha value is -0.950. The van der Waals surface area contributed by atoms with Gasteiger partial charge in [0.1, 0.15) is 0 Å². The van der Waals surface area contributed by atoms with Crippen LogP contribution in [-0.2, 0) is 4.79 Å². The summed E-state index contributed by atoms with van der Waals surface area (Å²) >= 11 is 7.68. The molecule has 1 aromatic carbocycles. The van der Waals surface area contributed by atoms with Crippen LogP contribution >= 0.6 is 35.8 Å². The van der Waals surface area contributed by atoms with E-state index in [4.69, 9.17) is 11.6 Å². The third-order valence-electron chi connectivity index (χ3n) is 3.96. The summed E-state index contributed by atoms with van der Waals surface area (Å²) in [7, 11) is 0. The fourth-order valence-corrected chi connectivity index (χ4v) is 3.83. The molecular weight excluding hydrogens is 357 g/mol. The molecule has 1 atom stereocenters. The first kappa shape index (κ1) is 18.4. The Kier molecular flexibility index (Phi) is 6.59. The van der Waals surface area contributed by atoms with Gasteiger partial charge in [-0.05, 0) is 18.2 Å². The van der Waals surface area contributed by atoms with Gasteiger partial charge in [0.2, 0.25) is 5.91 Å². The van der Waals surface area contributed by atoms with Crippen molar-refractivity contribution in [1.29, 1.82) is 0 Å². The molecule has 0 saturated carbocycles. The maximum absolute atomic E-state index is 12.4.